The van der Waals surface area contributed by atoms with Gasteiger partial charge in [0.15, 0.2) is 17.4 Å². The smallest absolute Gasteiger partial charge is 0.338 e. The summed E-state index contributed by atoms with van der Waals surface area (Å²) in [4.78, 5) is 39.9. The highest BCUT2D eigenvalue weighted by atomic mass is 32.1. The molecule has 1 saturated heterocycles. The van der Waals surface area contributed by atoms with Crippen LogP contribution in [0.2, 0.25) is 0 Å². The van der Waals surface area contributed by atoms with Gasteiger partial charge in [-0.1, -0.05) is 18.7 Å². The van der Waals surface area contributed by atoms with E-state index in [0.717, 1.165) is 24.0 Å². The lowest BCUT2D eigenvalue weighted by Gasteiger charge is -2.33. The number of nitrogens with zero attached hydrogens (tertiary/aromatic N) is 1. The van der Waals surface area contributed by atoms with Crippen LogP contribution in [0.3, 0.4) is 0 Å². The fourth-order valence-corrected chi connectivity index (χ4v) is 5.82. The number of carboxylic acids is 1. The lowest BCUT2D eigenvalue weighted by molar-refractivity contribution is -0.113. The van der Waals surface area contributed by atoms with Crippen molar-refractivity contribution in [3.63, 3.8) is 0 Å². The average Bonchev–Trinajstić information content (AvgIpc) is 3.34. The average molecular weight is 547 g/mol. The Hall–Kier alpha value is -3.86. The van der Waals surface area contributed by atoms with E-state index >= 15 is 0 Å². The van der Waals surface area contributed by atoms with Crippen LogP contribution in [0.25, 0.3) is 0 Å². The van der Waals surface area contributed by atoms with E-state index in [1.165, 1.54) is 4.90 Å². The molecule has 1 aliphatic heterocycles. The molecule has 2 heterocycles. The first-order valence-electron chi connectivity index (χ1n) is 11.9. The molecule has 200 valence electrons. The van der Waals surface area contributed by atoms with Crippen LogP contribution in [0.1, 0.15) is 57.2 Å². The Morgan fingerprint density at radius 1 is 1.26 bits per heavy atom. The van der Waals surface area contributed by atoms with Crippen LogP contribution in [-0.4, -0.2) is 48.0 Å². The largest absolute Gasteiger partial charge is 0.491 e. The second-order valence-electron chi connectivity index (χ2n) is 8.92. The topological polar surface area (TPSA) is 95.9 Å². The fraction of sp³-hybridized carbons (Fsp3) is 0.296. The van der Waals surface area contributed by atoms with Gasteiger partial charge in [0.1, 0.15) is 0 Å². The number of halogens is 3. The van der Waals surface area contributed by atoms with Gasteiger partial charge >= 0.3 is 5.97 Å². The number of carbonyl (C=O) groups is 3. The minimum absolute atomic E-state index is 0.0341. The zero-order valence-corrected chi connectivity index (χ0v) is 21.3. The molecule has 38 heavy (non-hydrogen) atoms. The van der Waals surface area contributed by atoms with Crippen molar-refractivity contribution >= 4 is 34.8 Å². The van der Waals surface area contributed by atoms with Crippen molar-refractivity contribution in [3.8, 4) is 5.75 Å². The quantitative estimate of drug-likeness (QED) is 0.437. The number of likely N-dealkylation sites (tertiary alicyclic amines) is 1. The highest BCUT2D eigenvalue weighted by molar-refractivity contribution is 7.11. The first kappa shape index (κ1) is 27.2. The van der Waals surface area contributed by atoms with Gasteiger partial charge in [-0.15, -0.1) is 11.3 Å². The summed E-state index contributed by atoms with van der Waals surface area (Å²) in [6.45, 7) is 3.96. The number of piperidine rings is 1. The lowest BCUT2D eigenvalue weighted by atomic mass is 9.93. The van der Waals surface area contributed by atoms with E-state index < -0.39 is 52.5 Å². The number of allylic oxidation sites excluding steroid dienone is 4. The van der Waals surface area contributed by atoms with Crippen molar-refractivity contribution in [1.82, 2.24) is 4.90 Å². The standard InChI is InChI=1S/C27H25F3N2O5S/c1-3-14-6-4-7-15(10-14)25(33)31-19-13-38-24(20(19)27(35)36)16-8-5-9-32(12-16)26(34)17-11-18(28)22(30)23(37-2)21(17)29/h3,6,10-11,13,16H,1,4-5,7-9,12H2,2H3,(H,31,33)(H,35,36). The van der Waals surface area contributed by atoms with Crippen LogP contribution in [0, 0.1) is 17.5 Å². The summed E-state index contributed by atoms with van der Waals surface area (Å²) in [5.74, 6) is -8.17. The third-order valence-corrected chi connectivity index (χ3v) is 7.72. The van der Waals surface area contributed by atoms with Gasteiger partial charge in [-0.05, 0) is 43.4 Å². The van der Waals surface area contributed by atoms with Crippen molar-refractivity contribution < 1.29 is 37.4 Å². The van der Waals surface area contributed by atoms with Crippen molar-refractivity contribution in [2.75, 3.05) is 25.5 Å². The minimum Gasteiger partial charge on any atom is -0.491 e. The first-order valence-corrected chi connectivity index (χ1v) is 12.7. The zero-order chi connectivity index (χ0) is 27.6. The van der Waals surface area contributed by atoms with E-state index in [0.29, 0.717) is 42.2 Å². The molecule has 1 unspecified atom stereocenters. The van der Waals surface area contributed by atoms with Crippen molar-refractivity contribution in [3.05, 3.63) is 80.9 Å². The Kier molecular flexibility index (Phi) is 8.05. The van der Waals surface area contributed by atoms with Crippen molar-refractivity contribution in [2.24, 2.45) is 0 Å². The number of amides is 2. The summed E-state index contributed by atoms with van der Waals surface area (Å²) in [7, 11) is 0.965. The number of benzene rings is 1. The van der Waals surface area contributed by atoms with Gasteiger partial charge in [0, 0.05) is 34.8 Å². The van der Waals surface area contributed by atoms with E-state index in [2.05, 4.69) is 16.6 Å². The molecule has 2 aliphatic rings. The predicted octanol–water partition coefficient (Wildman–Crippen LogP) is 5.66. The van der Waals surface area contributed by atoms with E-state index in [4.69, 9.17) is 0 Å². The minimum atomic E-state index is -1.53. The van der Waals surface area contributed by atoms with Crippen LogP contribution in [0.15, 0.2) is 47.4 Å². The summed E-state index contributed by atoms with van der Waals surface area (Å²) in [5, 5.41) is 14.2. The Morgan fingerprint density at radius 2 is 2.03 bits per heavy atom. The molecular formula is C27H25F3N2O5S. The van der Waals surface area contributed by atoms with E-state index in [9.17, 15) is 32.7 Å². The fourth-order valence-electron chi connectivity index (χ4n) is 4.70. The molecule has 1 fully saturated rings. The molecule has 0 bridgehead atoms. The number of methoxy groups -OCH3 is 1. The normalized spacial score (nSPS) is 17.4. The predicted molar refractivity (Wildman–Crippen MR) is 136 cm³/mol. The van der Waals surface area contributed by atoms with Crippen LogP contribution in [-0.2, 0) is 4.79 Å². The maximum absolute atomic E-state index is 14.7. The summed E-state index contributed by atoms with van der Waals surface area (Å²) in [5.41, 5.74) is 0.725. The molecule has 0 spiro atoms. The summed E-state index contributed by atoms with van der Waals surface area (Å²) in [6.07, 6.45) is 7.48. The molecule has 11 heteroatoms. The van der Waals surface area contributed by atoms with Gasteiger partial charge in [0.25, 0.3) is 11.8 Å². The maximum atomic E-state index is 14.7. The Balaban J connectivity index is 1.58. The molecule has 1 aromatic heterocycles. The molecule has 0 radical (unpaired) electrons. The molecule has 1 atom stereocenters. The maximum Gasteiger partial charge on any atom is 0.338 e. The molecule has 2 N–H and O–H groups in total. The lowest BCUT2D eigenvalue weighted by Crippen LogP contribution is -2.39. The number of hydrogen-bond acceptors (Lipinski definition) is 5. The van der Waals surface area contributed by atoms with E-state index in [1.54, 1.807) is 17.5 Å². The van der Waals surface area contributed by atoms with Crippen molar-refractivity contribution in [2.45, 2.75) is 31.6 Å². The van der Waals surface area contributed by atoms with Gasteiger partial charge in [-0.2, -0.15) is 4.39 Å². The second-order valence-corrected chi connectivity index (χ2v) is 9.83. The van der Waals surface area contributed by atoms with Gasteiger partial charge in [-0.3, -0.25) is 9.59 Å². The van der Waals surface area contributed by atoms with Crippen LogP contribution >= 0.6 is 11.3 Å². The summed E-state index contributed by atoms with van der Waals surface area (Å²) >= 11 is 1.14. The molecular weight excluding hydrogens is 521 g/mol. The summed E-state index contributed by atoms with van der Waals surface area (Å²) < 4.78 is 47.2. The van der Waals surface area contributed by atoms with E-state index in [-0.39, 0.29) is 24.3 Å². The SMILES string of the molecule is C=CC1=CCCC(C(=O)Nc2csc(C3CCCN(C(=O)c4cc(F)c(F)c(OC)c4F)C3)c2C(=O)O)=C1. The van der Waals surface area contributed by atoms with Crippen LogP contribution in [0.5, 0.6) is 5.75 Å². The Bertz CT molecular complexity index is 1380. The number of ether oxygens (including phenoxy) is 1. The van der Waals surface area contributed by atoms with Gasteiger partial charge in [-0.25, -0.2) is 13.6 Å². The molecule has 1 aliphatic carbocycles. The third-order valence-electron chi connectivity index (χ3n) is 6.57. The number of nitrogens with one attached hydrogen (secondary N) is 1. The Labute approximate surface area is 220 Å². The van der Waals surface area contributed by atoms with Crippen molar-refractivity contribution in [1.29, 1.82) is 0 Å². The third kappa shape index (κ3) is 5.24. The second kappa shape index (κ2) is 11.3. The summed E-state index contributed by atoms with van der Waals surface area (Å²) in [6, 6.07) is 0.494. The number of anilines is 1. The highest BCUT2D eigenvalue weighted by Gasteiger charge is 2.33. The van der Waals surface area contributed by atoms with Crippen LogP contribution in [0.4, 0.5) is 18.9 Å². The number of thiophene rings is 1. The van der Waals surface area contributed by atoms with Gasteiger partial charge in [0.2, 0.25) is 5.82 Å². The zero-order valence-electron chi connectivity index (χ0n) is 20.5. The number of hydrogen-bond donors (Lipinski definition) is 2. The molecule has 4 rings (SSSR count). The Morgan fingerprint density at radius 3 is 2.71 bits per heavy atom. The van der Waals surface area contributed by atoms with Gasteiger partial charge in [0.05, 0.1) is 23.9 Å². The first-order chi connectivity index (χ1) is 18.2. The molecule has 2 aromatic rings. The number of rotatable bonds is 7. The van der Waals surface area contributed by atoms with Gasteiger partial charge < -0.3 is 20.1 Å². The van der Waals surface area contributed by atoms with E-state index in [1.807, 2.05) is 6.08 Å². The molecule has 7 nitrogen and oxygen atoms in total. The molecule has 0 saturated carbocycles. The number of aromatic carboxylic acids is 1. The monoisotopic (exact) mass is 546 g/mol. The molecule has 2 amide bonds. The number of carboxylic acid groups (broad SMARTS) is 1. The molecule has 1 aromatic carbocycles. The van der Waals surface area contributed by atoms with Crippen LogP contribution < -0.4 is 10.1 Å². The number of carbonyl (C=O) groups excluding carboxylic acids is 2. The highest BCUT2D eigenvalue weighted by Crippen LogP contribution is 2.39.